The van der Waals surface area contributed by atoms with E-state index in [9.17, 15) is 0 Å². The molecule has 1 unspecified atom stereocenters. The molecule has 1 aromatic carbocycles. The Bertz CT molecular complexity index is 466. The average Bonchev–Trinajstić information content (AvgIpc) is 2.71. The summed E-state index contributed by atoms with van der Waals surface area (Å²) >= 11 is 6.21. The summed E-state index contributed by atoms with van der Waals surface area (Å²) in [4.78, 5) is 7.84. The Morgan fingerprint density at radius 1 is 1.29 bits per heavy atom. The van der Waals surface area contributed by atoms with E-state index in [-0.39, 0.29) is 17.8 Å². The van der Waals surface area contributed by atoms with Gasteiger partial charge in [0.1, 0.15) is 5.82 Å². The molecular formula is C13H16Cl2N2. The summed E-state index contributed by atoms with van der Waals surface area (Å²) < 4.78 is 0. The molecule has 0 aliphatic heterocycles. The van der Waals surface area contributed by atoms with E-state index in [2.05, 4.69) is 16.9 Å². The first kappa shape index (κ1) is 14.1. The molecule has 0 aliphatic rings. The molecule has 0 fully saturated rings. The molecule has 2 aromatic rings. The van der Waals surface area contributed by atoms with Gasteiger partial charge in [-0.2, -0.15) is 0 Å². The van der Waals surface area contributed by atoms with E-state index in [1.165, 1.54) is 0 Å². The number of alkyl halides is 1. The Morgan fingerprint density at radius 3 is 2.53 bits per heavy atom. The monoisotopic (exact) mass is 270 g/mol. The van der Waals surface area contributed by atoms with Crippen LogP contribution in [0.15, 0.2) is 30.3 Å². The average molecular weight is 271 g/mol. The zero-order valence-electron chi connectivity index (χ0n) is 9.90. The van der Waals surface area contributed by atoms with Gasteiger partial charge in [-0.15, -0.1) is 24.0 Å². The van der Waals surface area contributed by atoms with Crippen molar-refractivity contribution in [2.75, 3.05) is 0 Å². The zero-order chi connectivity index (χ0) is 11.5. The molecule has 1 heterocycles. The molecule has 1 aromatic heterocycles. The fourth-order valence-corrected chi connectivity index (χ4v) is 1.92. The fraction of sp³-hybridized carbons (Fsp3) is 0.308. The summed E-state index contributed by atoms with van der Waals surface area (Å²) in [5, 5.41) is -0.00582. The molecule has 1 atom stereocenters. The minimum Gasteiger partial charge on any atom is -0.342 e. The highest BCUT2D eigenvalue weighted by molar-refractivity contribution is 6.20. The van der Waals surface area contributed by atoms with Gasteiger partial charge in [-0.25, -0.2) is 4.98 Å². The third-order valence-electron chi connectivity index (χ3n) is 2.62. The first-order valence-electron chi connectivity index (χ1n) is 5.48. The largest absolute Gasteiger partial charge is 0.342 e. The Kier molecular flexibility index (Phi) is 5.03. The number of H-pyrrole nitrogens is 1. The molecule has 0 saturated carbocycles. The molecule has 0 spiro atoms. The van der Waals surface area contributed by atoms with Crippen LogP contribution in [0.2, 0.25) is 0 Å². The van der Waals surface area contributed by atoms with Gasteiger partial charge in [0.05, 0.1) is 11.1 Å². The zero-order valence-corrected chi connectivity index (χ0v) is 11.5. The number of benzene rings is 1. The molecule has 0 aliphatic carbocycles. The lowest BCUT2D eigenvalue weighted by Crippen LogP contribution is -1.91. The molecule has 0 radical (unpaired) electrons. The topological polar surface area (TPSA) is 28.7 Å². The summed E-state index contributed by atoms with van der Waals surface area (Å²) in [6, 6.07) is 10.1. The number of aromatic amines is 1. The Morgan fingerprint density at radius 2 is 1.94 bits per heavy atom. The van der Waals surface area contributed by atoms with Crippen molar-refractivity contribution in [2.45, 2.75) is 25.6 Å². The standard InChI is InChI=1S/C13H15ClN2.ClH/c1-3-11(14)12-9(2)15-13(16-12)10-7-5-4-6-8-10;/h4-8,11H,3H2,1-2H3,(H,15,16);1H. The van der Waals surface area contributed by atoms with Crippen LogP contribution in [0.4, 0.5) is 0 Å². The summed E-state index contributed by atoms with van der Waals surface area (Å²) in [5.74, 6) is 0.896. The van der Waals surface area contributed by atoms with Crippen LogP contribution in [0.25, 0.3) is 11.4 Å². The summed E-state index contributed by atoms with van der Waals surface area (Å²) in [6.07, 6.45) is 0.890. The first-order chi connectivity index (χ1) is 7.72. The number of nitrogens with zero attached hydrogens (tertiary/aromatic N) is 1. The van der Waals surface area contributed by atoms with E-state index in [0.29, 0.717) is 0 Å². The maximum Gasteiger partial charge on any atom is 0.137 e. The van der Waals surface area contributed by atoms with E-state index < -0.39 is 0 Å². The van der Waals surface area contributed by atoms with Crippen molar-refractivity contribution in [3.63, 3.8) is 0 Å². The Balaban J connectivity index is 0.00000144. The second-order valence-corrected chi connectivity index (χ2v) is 4.36. The normalized spacial score (nSPS) is 11.9. The fourth-order valence-electron chi connectivity index (χ4n) is 1.70. The molecule has 17 heavy (non-hydrogen) atoms. The molecule has 4 heteroatoms. The van der Waals surface area contributed by atoms with Crippen LogP contribution in [-0.2, 0) is 0 Å². The van der Waals surface area contributed by atoms with E-state index in [4.69, 9.17) is 11.6 Å². The van der Waals surface area contributed by atoms with Gasteiger partial charge < -0.3 is 4.98 Å². The minimum absolute atomic E-state index is 0. The van der Waals surface area contributed by atoms with Gasteiger partial charge in [0.25, 0.3) is 0 Å². The SMILES string of the molecule is CCC(Cl)c1nc(-c2ccccc2)[nH]c1C.Cl. The van der Waals surface area contributed by atoms with Gasteiger partial charge in [0.15, 0.2) is 0 Å². The molecule has 0 amide bonds. The number of hydrogen-bond acceptors (Lipinski definition) is 1. The number of rotatable bonds is 3. The lowest BCUT2D eigenvalue weighted by atomic mass is 10.2. The van der Waals surface area contributed by atoms with Crippen molar-refractivity contribution in [1.82, 2.24) is 9.97 Å². The number of aryl methyl sites for hydroxylation is 1. The number of nitrogens with one attached hydrogen (secondary N) is 1. The minimum atomic E-state index is -0.00582. The van der Waals surface area contributed by atoms with Crippen molar-refractivity contribution >= 4 is 24.0 Å². The summed E-state index contributed by atoms with van der Waals surface area (Å²) in [5.41, 5.74) is 3.11. The number of aromatic nitrogens is 2. The molecule has 0 bridgehead atoms. The van der Waals surface area contributed by atoms with Gasteiger partial charge in [0, 0.05) is 11.3 Å². The second kappa shape index (κ2) is 6.08. The third kappa shape index (κ3) is 3.02. The highest BCUT2D eigenvalue weighted by Gasteiger charge is 2.14. The molecular weight excluding hydrogens is 255 g/mol. The lowest BCUT2D eigenvalue weighted by Gasteiger charge is -2.02. The van der Waals surface area contributed by atoms with Crippen LogP contribution in [0.1, 0.15) is 30.1 Å². The van der Waals surface area contributed by atoms with E-state index in [0.717, 1.165) is 29.2 Å². The maximum absolute atomic E-state index is 6.21. The Hall–Kier alpha value is -0.990. The second-order valence-electron chi connectivity index (χ2n) is 3.84. The molecule has 0 saturated heterocycles. The smallest absolute Gasteiger partial charge is 0.137 e. The predicted octanol–water partition coefficient (Wildman–Crippen LogP) is 4.50. The maximum atomic E-state index is 6.21. The molecule has 2 rings (SSSR count). The van der Waals surface area contributed by atoms with Crippen molar-refractivity contribution in [3.8, 4) is 11.4 Å². The predicted molar refractivity (Wildman–Crippen MR) is 74.9 cm³/mol. The molecule has 2 nitrogen and oxygen atoms in total. The van der Waals surface area contributed by atoms with Crippen LogP contribution in [0.3, 0.4) is 0 Å². The van der Waals surface area contributed by atoms with E-state index in [1.54, 1.807) is 0 Å². The van der Waals surface area contributed by atoms with Gasteiger partial charge in [-0.05, 0) is 13.3 Å². The van der Waals surface area contributed by atoms with Crippen molar-refractivity contribution in [2.24, 2.45) is 0 Å². The van der Waals surface area contributed by atoms with Crippen LogP contribution < -0.4 is 0 Å². The Labute approximate surface area is 113 Å². The van der Waals surface area contributed by atoms with Gasteiger partial charge >= 0.3 is 0 Å². The number of halogens is 2. The third-order valence-corrected chi connectivity index (χ3v) is 3.14. The van der Waals surface area contributed by atoms with E-state index in [1.807, 2.05) is 37.3 Å². The first-order valence-corrected chi connectivity index (χ1v) is 5.92. The van der Waals surface area contributed by atoms with Gasteiger partial charge in [-0.1, -0.05) is 37.3 Å². The van der Waals surface area contributed by atoms with Gasteiger partial charge in [0.2, 0.25) is 0 Å². The highest BCUT2D eigenvalue weighted by atomic mass is 35.5. The molecule has 92 valence electrons. The number of hydrogen-bond donors (Lipinski definition) is 1. The van der Waals surface area contributed by atoms with Crippen molar-refractivity contribution in [1.29, 1.82) is 0 Å². The quantitative estimate of drug-likeness (QED) is 0.818. The molecule has 1 N–H and O–H groups in total. The van der Waals surface area contributed by atoms with Crippen LogP contribution in [-0.4, -0.2) is 9.97 Å². The summed E-state index contributed by atoms with van der Waals surface area (Å²) in [7, 11) is 0. The van der Waals surface area contributed by atoms with Crippen molar-refractivity contribution in [3.05, 3.63) is 41.7 Å². The highest BCUT2D eigenvalue weighted by Crippen LogP contribution is 2.27. The van der Waals surface area contributed by atoms with Crippen molar-refractivity contribution < 1.29 is 0 Å². The van der Waals surface area contributed by atoms with Crippen LogP contribution >= 0.6 is 24.0 Å². The number of imidazole rings is 1. The van der Waals surface area contributed by atoms with E-state index >= 15 is 0 Å². The van der Waals surface area contributed by atoms with Crippen LogP contribution in [0.5, 0.6) is 0 Å². The summed E-state index contributed by atoms with van der Waals surface area (Å²) in [6.45, 7) is 4.08. The van der Waals surface area contributed by atoms with Gasteiger partial charge in [-0.3, -0.25) is 0 Å². The van der Waals surface area contributed by atoms with Crippen LogP contribution in [0, 0.1) is 6.92 Å². The lowest BCUT2D eigenvalue weighted by molar-refractivity contribution is 0.847.